The van der Waals surface area contributed by atoms with E-state index in [0.717, 1.165) is 24.3 Å². The maximum Gasteiger partial charge on any atom is 0.266 e. The van der Waals surface area contributed by atoms with Crippen molar-refractivity contribution in [1.29, 1.82) is 0 Å². The first-order valence-corrected chi connectivity index (χ1v) is 10.7. The van der Waals surface area contributed by atoms with Gasteiger partial charge in [-0.2, -0.15) is 0 Å². The fourth-order valence-electron chi connectivity index (χ4n) is 3.02. The first-order valence-electron chi connectivity index (χ1n) is 9.46. The van der Waals surface area contributed by atoms with Crippen LogP contribution in [-0.4, -0.2) is 35.6 Å². The molecule has 2 aromatic carbocycles. The lowest BCUT2D eigenvalue weighted by Gasteiger charge is -2.20. The number of benzene rings is 2. The van der Waals surface area contributed by atoms with Gasteiger partial charge in [-0.15, -0.1) is 0 Å². The second-order valence-electron chi connectivity index (χ2n) is 6.29. The Hall–Kier alpha value is -2.24. The first-order chi connectivity index (χ1) is 13.5. The Bertz CT molecular complexity index is 887. The van der Waals surface area contributed by atoms with E-state index in [2.05, 4.69) is 48.0 Å². The van der Waals surface area contributed by atoms with Gasteiger partial charge in [0.2, 0.25) is 0 Å². The molecule has 1 saturated heterocycles. The van der Waals surface area contributed by atoms with Crippen LogP contribution in [0.15, 0.2) is 58.4 Å². The standard InChI is InChI=1S/C22H24ClN3OS/c1-4-25(5-2)19-13-7-16(8-14-19)15-20-21(27)26(6-3)22(28-20)24-18-11-9-17(23)10-12-18/h7-15H,4-6H2,1-3H3/b20-15+,24-22?. The Morgan fingerprint density at radius 1 is 1.04 bits per heavy atom. The van der Waals surface area contributed by atoms with Crippen molar-refractivity contribution in [2.24, 2.45) is 4.99 Å². The van der Waals surface area contributed by atoms with E-state index in [-0.39, 0.29) is 5.91 Å². The van der Waals surface area contributed by atoms with Gasteiger partial charge in [-0.1, -0.05) is 23.7 Å². The summed E-state index contributed by atoms with van der Waals surface area (Å²) in [7, 11) is 0. The third-order valence-electron chi connectivity index (χ3n) is 4.58. The van der Waals surface area contributed by atoms with Gasteiger partial charge >= 0.3 is 0 Å². The first kappa shape index (κ1) is 20.5. The third-order valence-corrected chi connectivity index (χ3v) is 5.83. The number of hydrogen-bond acceptors (Lipinski definition) is 4. The summed E-state index contributed by atoms with van der Waals surface area (Å²) in [6.45, 7) is 8.78. The molecule has 0 N–H and O–H groups in total. The lowest BCUT2D eigenvalue weighted by molar-refractivity contribution is -0.122. The molecule has 4 nitrogen and oxygen atoms in total. The third kappa shape index (κ3) is 4.59. The molecular weight excluding hydrogens is 390 g/mol. The summed E-state index contributed by atoms with van der Waals surface area (Å²) in [6.07, 6.45) is 1.94. The predicted octanol–water partition coefficient (Wildman–Crippen LogP) is 5.81. The number of carbonyl (C=O) groups excluding carboxylic acids is 1. The zero-order valence-corrected chi connectivity index (χ0v) is 17.9. The molecule has 0 aromatic heterocycles. The van der Waals surface area contributed by atoms with Crippen LogP contribution in [-0.2, 0) is 4.79 Å². The average Bonchev–Trinajstić information content (AvgIpc) is 3.00. The number of amides is 1. The minimum atomic E-state index is -0.00645. The summed E-state index contributed by atoms with van der Waals surface area (Å²) in [5.74, 6) is -0.00645. The number of nitrogens with zero attached hydrogens (tertiary/aromatic N) is 3. The summed E-state index contributed by atoms with van der Waals surface area (Å²) < 4.78 is 0. The van der Waals surface area contributed by atoms with E-state index < -0.39 is 0 Å². The molecule has 1 aliphatic heterocycles. The van der Waals surface area contributed by atoms with E-state index in [1.807, 2.05) is 25.1 Å². The molecule has 1 aliphatic rings. The summed E-state index contributed by atoms with van der Waals surface area (Å²) >= 11 is 7.35. The van der Waals surface area contributed by atoms with Crippen LogP contribution in [0.1, 0.15) is 26.3 Å². The SMILES string of the molecule is CCN1C(=O)/C(=C\c2ccc(N(CC)CC)cc2)SC1=Nc1ccc(Cl)cc1. The summed E-state index contributed by atoms with van der Waals surface area (Å²) in [5, 5.41) is 1.36. The Balaban J connectivity index is 1.84. The average molecular weight is 414 g/mol. The molecule has 0 radical (unpaired) electrons. The topological polar surface area (TPSA) is 35.9 Å². The van der Waals surface area contributed by atoms with Gasteiger partial charge in [-0.3, -0.25) is 9.69 Å². The van der Waals surface area contributed by atoms with Crippen LogP contribution in [0.4, 0.5) is 11.4 Å². The van der Waals surface area contributed by atoms with Crippen molar-refractivity contribution in [3.8, 4) is 0 Å². The largest absolute Gasteiger partial charge is 0.372 e. The maximum absolute atomic E-state index is 12.8. The fraction of sp³-hybridized carbons (Fsp3) is 0.273. The van der Waals surface area contributed by atoms with Crippen LogP contribution in [0.25, 0.3) is 6.08 Å². The van der Waals surface area contributed by atoms with Crippen LogP contribution < -0.4 is 4.90 Å². The Labute approximate surface area is 175 Å². The lowest BCUT2D eigenvalue weighted by atomic mass is 10.1. The smallest absolute Gasteiger partial charge is 0.266 e. The molecule has 146 valence electrons. The number of hydrogen-bond donors (Lipinski definition) is 0. The minimum Gasteiger partial charge on any atom is -0.372 e. The van der Waals surface area contributed by atoms with Crippen LogP contribution in [0.5, 0.6) is 0 Å². The second kappa shape index (κ2) is 9.30. The van der Waals surface area contributed by atoms with Crippen molar-refractivity contribution in [1.82, 2.24) is 4.90 Å². The number of thioether (sulfide) groups is 1. The molecule has 0 saturated carbocycles. The molecule has 1 amide bonds. The summed E-state index contributed by atoms with van der Waals surface area (Å²) in [5.41, 5.74) is 2.98. The minimum absolute atomic E-state index is 0.00645. The zero-order valence-electron chi connectivity index (χ0n) is 16.4. The number of amidine groups is 1. The summed E-state index contributed by atoms with van der Waals surface area (Å²) in [4.78, 5) is 22.1. The molecular formula is C22H24ClN3OS. The molecule has 6 heteroatoms. The molecule has 28 heavy (non-hydrogen) atoms. The van der Waals surface area contributed by atoms with E-state index >= 15 is 0 Å². The quantitative estimate of drug-likeness (QED) is 0.560. The van der Waals surface area contributed by atoms with Crippen LogP contribution in [0.3, 0.4) is 0 Å². The summed E-state index contributed by atoms with van der Waals surface area (Å²) in [6, 6.07) is 15.6. The number of halogens is 1. The Morgan fingerprint density at radius 2 is 1.68 bits per heavy atom. The zero-order chi connectivity index (χ0) is 20.1. The van der Waals surface area contributed by atoms with Crippen molar-refractivity contribution in [2.75, 3.05) is 24.5 Å². The number of likely N-dealkylation sites (N-methyl/N-ethyl adjacent to an activating group) is 1. The molecule has 0 atom stereocenters. The molecule has 1 fully saturated rings. The van der Waals surface area contributed by atoms with Gasteiger partial charge in [0.05, 0.1) is 10.6 Å². The predicted molar refractivity (Wildman–Crippen MR) is 122 cm³/mol. The Morgan fingerprint density at radius 3 is 2.25 bits per heavy atom. The van der Waals surface area contributed by atoms with Gasteiger partial charge in [0.15, 0.2) is 5.17 Å². The van der Waals surface area contributed by atoms with E-state index in [4.69, 9.17) is 11.6 Å². The van der Waals surface area contributed by atoms with Crippen molar-refractivity contribution < 1.29 is 4.79 Å². The van der Waals surface area contributed by atoms with E-state index in [0.29, 0.717) is 21.6 Å². The van der Waals surface area contributed by atoms with Gasteiger partial charge in [0.1, 0.15) is 0 Å². The van der Waals surface area contributed by atoms with Gasteiger partial charge in [0.25, 0.3) is 5.91 Å². The Kier molecular flexibility index (Phi) is 6.81. The van der Waals surface area contributed by atoms with Crippen molar-refractivity contribution >= 4 is 51.9 Å². The number of rotatable bonds is 6. The van der Waals surface area contributed by atoms with E-state index in [1.54, 1.807) is 17.0 Å². The highest BCUT2D eigenvalue weighted by atomic mass is 35.5. The van der Waals surface area contributed by atoms with Crippen molar-refractivity contribution in [3.05, 3.63) is 64.0 Å². The van der Waals surface area contributed by atoms with Gasteiger partial charge in [-0.05, 0) is 80.6 Å². The molecule has 0 aliphatic carbocycles. The number of carbonyl (C=O) groups is 1. The van der Waals surface area contributed by atoms with Gasteiger partial charge < -0.3 is 4.90 Å². The number of anilines is 1. The highest BCUT2D eigenvalue weighted by molar-refractivity contribution is 8.18. The monoisotopic (exact) mass is 413 g/mol. The van der Waals surface area contributed by atoms with Crippen molar-refractivity contribution in [3.63, 3.8) is 0 Å². The van der Waals surface area contributed by atoms with Gasteiger partial charge in [-0.25, -0.2) is 4.99 Å². The second-order valence-corrected chi connectivity index (χ2v) is 7.74. The van der Waals surface area contributed by atoms with Crippen LogP contribution in [0.2, 0.25) is 5.02 Å². The molecule has 1 heterocycles. The van der Waals surface area contributed by atoms with Gasteiger partial charge in [0, 0.05) is 30.3 Å². The molecule has 0 unspecified atom stereocenters. The van der Waals surface area contributed by atoms with E-state index in [9.17, 15) is 4.79 Å². The lowest BCUT2D eigenvalue weighted by Crippen LogP contribution is -2.28. The highest BCUT2D eigenvalue weighted by Crippen LogP contribution is 2.34. The van der Waals surface area contributed by atoms with Crippen LogP contribution in [0, 0.1) is 0 Å². The highest BCUT2D eigenvalue weighted by Gasteiger charge is 2.32. The normalized spacial score (nSPS) is 17.0. The molecule has 0 bridgehead atoms. The van der Waals surface area contributed by atoms with E-state index in [1.165, 1.54) is 17.4 Å². The molecule has 0 spiro atoms. The maximum atomic E-state index is 12.8. The molecule has 2 aromatic rings. The van der Waals surface area contributed by atoms with Crippen molar-refractivity contribution in [2.45, 2.75) is 20.8 Å². The fourth-order valence-corrected chi connectivity index (χ4v) is 4.21. The van der Waals surface area contributed by atoms with Crippen LogP contribution >= 0.6 is 23.4 Å². The number of aliphatic imine (C=N–C) groups is 1. The molecule has 3 rings (SSSR count).